The Labute approximate surface area is 232 Å². The third-order valence-corrected chi connectivity index (χ3v) is 9.50. The average molecular weight is 558 g/mol. The standard InChI is InChI=1S/C28H34Cl2N6O2/c1-16(21-6-5-19(29)10-23(21)30)32-25-22-7-8-31-24(22)33-27(34-25)36-14-18(15-36)17-4-3-9-35(13-17)20-11-28(2,12-20)26(37)38/h5-8,10,16-18,20H,3-4,9,11-15H2,1-2H3,(H,37,38)(H2,31,32,33,34)/t16-,17+,20?,28?/m1/s1. The molecule has 4 heterocycles. The number of piperidine rings is 1. The van der Waals surface area contributed by atoms with Crippen LogP contribution < -0.4 is 10.2 Å². The number of nitrogens with zero attached hydrogens (tertiary/aromatic N) is 4. The fraction of sp³-hybridized carbons (Fsp3) is 0.536. The van der Waals surface area contributed by atoms with E-state index in [2.05, 4.69) is 27.0 Å². The zero-order valence-corrected chi connectivity index (χ0v) is 23.3. The van der Waals surface area contributed by atoms with Crippen molar-refractivity contribution in [3.05, 3.63) is 46.1 Å². The van der Waals surface area contributed by atoms with Gasteiger partial charge in [-0.2, -0.15) is 9.97 Å². The molecule has 2 aromatic heterocycles. The molecule has 3 aliphatic rings. The third kappa shape index (κ3) is 4.71. The second-order valence-electron chi connectivity index (χ2n) is 11.6. The molecule has 8 nitrogen and oxygen atoms in total. The summed E-state index contributed by atoms with van der Waals surface area (Å²) in [7, 11) is 0. The van der Waals surface area contributed by atoms with Gasteiger partial charge in [-0.3, -0.25) is 4.79 Å². The number of aliphatic carboxylic acids is 1. The van der Waals surface area contributed by atoms with Crippen LogP contribution in [0.1, 0.15) is 51.1 Å². The number of likely N-dealkylation sites (tertiary alicyclic amines) is 1. The lowest BCUT2D eigenvalue weighted by Crippen LogP contribution is -2.58. The van der Waals surface area contributed by atoms with Gasteiger partial charge in [0.15, 0.2) is 0 Å². The summed E-state index contributed by atoms with van der Waals surface area (Å²) < 4.78 is 0. The van der Waals surface area contributed by atoms with Gasteiger partial charge < -0.3 is 25.2 Å². The molecule has 3 N–H and O–H groups in total. The van der Waals surface area contributed by atoms with Gasteiger partial charge in [-0.05, 0) is 81.7 Å². The molecule has 0 bridgehead atoms. The molecule has 0 radical (unpaired) electrons. The number of benzene rings is 1. The molecule has 10 heteroatoms. The molecule has 38 heavy (non-hydrogen) atoms. The lowest BCUT2D eigenvalue weighted by atomic mass is 9.65. The minimum absolute atomic E-state index is 0.0625. The smallest absolute Gasteiger partial charge is 0.309 e. The molecule has 0 spiro atoms. The van der Waals surface area contributed by atoms with Crippen molar-refractivity contribution >= 4 is 52.0 Å². The van der Waals surface area contributed by atoms with Gasteiger partial charge in [-0.1, -0.05) is 29.3 Å². The Hall–Kier alpha value is -2.55. The first-order valence-electron chi connectivity index (χ1n) is 13.5. The molecular formula is C28H34Cl2N6O2. The molecule has 2 saturated heterocycles. The highest BCUT2D eigenvalue weighted by atomic mass is 35.5. The van der Waals surface area contributed by atoms with Gasteiger partial charge in [0.25, 0.3) is 0 Å². The topological polar surface area (TPSA) is 97.4 Å². The fourth-order valence-electron chi connectivity index (χ4n) is 6.46. The summed E-state index contributed by atoms with van der Waals surface area (Å²) >= 11 is 12.5. The maximum Gasteiger partial charge on any atom is 0.309 e. The highest BCUT2D eigenvalue weighted by Crippen LogP contribution is 2.45. The third-order valence-electron chi connectivity index (χ3n) is 8.94. The van der Waals surface area contributed by atoms with Crippen molar-refractivity contribution in [1.82, 2.24) is 19.9 Å². The number of hydrogen-bond acceptors (Lipinski definition) is 6. The maximum atomic E-state index is 11.5. The van der Waals surface area contributed by atoms with Gasteiger partial charge in [0.1, 0.15) is 11.5 Å². The Bertz CT molecular complexity index is 1350. The van der Waals surface area contributed by atoms with Crippen LogP contribution in [0.25, 0.3) is 11.0 Å². The summed E-state index contributed by atoms with van der Waals surface area (Å²) in [6.07, 6.45) is 5.85. The highest BCUT2D eigenvalue weighted by Gasteiger charge is 2.49. The number of H-pyrrole nitrogens is 1. The number of anilines is 2. The molecule has 3 aromatic rings. The normalized spacial score (nSPS) is 27.1. The summed E-state index contributed by atoms with van der Waals surface area (Å²) in [4.78, 5) is 29.3. The van der Waals surface area contributed by atoms with E-state index < -0.39 is 11.4 Å². The second kappa shape index (κ2) is 9.88. The molecule has 2 atom stereocenters. The predicted molar refractivity (Wildman–Crippen MR) is 151 cm³/mol. The molecule has 1 aliphatic carbocycles. The first kappa shape index (κ1) is 25.7. The number of carbonyl (C=O) groups is 1. The van der Waals surface area contributed by atoms with Crippen LogP contribution in [0.5, 0.6) is 0 Å². The van der Waals surface area contributed by atoms with E-state index in [-0.39, 0.29) is 6.04 Å². The van der Waals surface area contributed by atoms with E-state index in [4.69, 9.17) is 33.2 Å². The summed E-state index contributed by atoms with van der Waals surface area (Å²) in [6, 6.07) is 7.89. The minimum Gasteiger partial charge on any atom is -0.481 e. The van der Waals surface area contributed by atoms with Crippen molar-refractivity contribution < 1.29 is 9.90 Å². The van der Waals surface area contributed by atoms with E-state index >= 15 is 0 Å². The van der Waals surface area contributed by atoms with Crippen LogP contribution in [0, 0.1) is 17.3 Å². The van der Waals surface area contributed by atoms with Crippen LogP contribution in [0.3, 0.4) is 0 Å². The molecule has 202 valence electrons. The molecule has 6 rings (SSSR count). The number of nitrogens with one attached hydrogen (secondary N) is 2. The summed E-state index contributed by atoms with van der Waals surface area (Å²) in [5.41, 5.74) is 1.23. The van der Waals surface area contributed by atoms with Crippen molar-refractivity contribution in [3.8, 4) is 0 Å². The average Bonchev–Trinajstić information content (AvgIpc) is 3.30. The molecule has 3 fully saturated rings. The Balaban J connectivity index is 1.11. The number of carboxylic acid groups (broad SMARTS) is 1. The molecule has 1 aromatic carbocycles. The fourth-order valence-corrected chi connectivity index (χ4v) is 7.03. The van der Waals surface area contributed by atoms with Gasteiger partial charge in [0.05, 0.1) is 16.8 Å². The second-order valence-corrected chi connectivity index (χ2v) is 12.5. The molecule has 1 saturated carbocycles. The van der Waals surface area contributed by atoms with Crippen LogP contribution in [-0.2, 0) is 4.79 Å². The van der Waals surface area contributed by atoms with Gasteiger partial charge in [0, 0.05) is 41.9 Å². The van der Waals surface area contributed by atoms with Crippen molar-refractivity contribution in [2.75, 3.05) is 36.4 Å². The molecule has 2 aliphatic heterocycles. The molecule has 0 unspecified atom stereocenters. The van der Waals surface area contributed by atoms with Gasteiger partial charge in [-0.15, -0.1) is 0 Å². The van der Waals surface area contributed by atoms with Crippen LogP contribution in [-0.4, -0.2) is 63.1 Å². The zero-order valence-electron chi connectivity index (χ0n) is 21.8. The van der Waals surface area contributed by atoms with E-state index in [1.807, 2.05) is 31.3 Å². The monoisotopic (exact) mass is 556 g/mol. The number of halogens is 2. The van der Waals surface area contributed by atoms with E-state index in [1.165, 1.54) is 12.8 Å². The Morgan fingerprint density at radius 3 is 2.71 bits per heavy atom. The Morgan fingerprint density at radius 2 is 1.97 bits per heavy atom. The van der Waals surface area contributed by atoms with E-state index in [9.17, 15) is 9.90 Å². The van der Waals surface area contributed by atoms with Crippen molar-refractivity contribution in [3.63, 3.8) is 0 Å². The number of aromatic nitrogens is 3. The van der Waals surface area contributed by atoms with Crippen molar-refractivity contribution in [2.24, 2.45) is 17.3 Å². The lowest BCUT2D eigenvalue weighted by Gasteiger charge is -2.52. The quantitative estimate of drug-likeness (QED) is 0.336. The van der Waals surface area contributed by atoms with E-state index in [0.29, 0.717) is 27.9 Å². The van der Waals surface area contributed by atoms with E-state index in [0.717, 1.165) is 67.4 Å². The van der Waals surface area contributed by atoms with Gasteiger partial charge in [-0.25, -0.2) is 0 Å². The number of aromatic amines is 1. The van der Waals surface area contributed by atoms with Crippen molar-refractivity contribution in [1.29, 1.82) is 0 Å². The molecular weight excluding hydrogens is 523 g/mol. The lowest BCUT2D eigenvalue weighted by molar-refractivity contribution is -0.158. The zero-order chi connectivity index (χ0) is 26.6. The summed E-state index contributed by atoms with van der Waals surface area (Å²) in [6.45, 7) is 7.99. The first-order valence-corrected chi connectivity index (χ1v) is 14.2. The number of rotatable bonds is 7. The number of fused-ring (bicyclic) bond motifs is 1. The largest absolute Gasteiger partial charge is 0.481 e. The van der Waals surface area contributed by atoms with Crippen LogP contribution in [0.15, 0.2) is 30.5 Å². The van der Waals surface area contributed by atoms with Crippen molar-refractivity contribution in [2.45, 2.75) is 51.6 Å². The maximum absolute atomic E-state index is 11.5. The van der Waals surface area contributed by atoms with Crippen LogP contribution in [0.4, 0.5) is 11.8 Å². The molecule has 0 amide bonds. The minimum atomic E-state index is -0.657. The summed E-state index contributed by atoms with van der Waals surface area (Å²) in [5, 5.41) is 15.2. The number of hydrogen-bond donors (Lipinski definition) is 3. The number of carboxylic acids is 1. The Morgan fingerprint density at radius 1 is 1.18 bits per heavy atom. The highest BCUT2D eigenvalue weighted by molar-refractivity contribution is 6.35. The first-order chi connectivity index (χ1) is 18.2. The van der Waals surface area contributed by atoms with Gasteiger partial charge in [0.2, 0.25) is 5.95 Å². The van der Waals surface area contributed by atoms with Gasteiger partial charge >= 0.3 is 5.97 Å². The predicted octanol–water partition coefficient (Wildman–Crippen LogP) is 5.84. The van der Waals surface area contributed by atoms with Crippen LogP contribution in [0.2, 0.25) is 10.0 Å². The van der Waals surface area contributed by atoms with E-state index in [1.54, 1.807) is 6.07 Å². The Kier molecular flexibility index (Phi) is 6.69. The SMILES string of the molecule is C[C@@H](Nc1nc(N2CC([C@H]3CCCN(C4CC(C)(C(=O)O)C4)C3)C2)nc2[nH]ccc12)c1ccc(Cl)cc1Cl. The summed E-state index contributed by atoms with van der Waals surface area (Å²) in [5.74, 6) is 2.10. The van der Waals surface area contributed by atoms with Crippen LogP contribution >= 0.6 is 23.2 Å².